The van der Waals surface area contributed by atoms with Crippen molar-refractivity contribution in [3.8, 4) is 0 Å². The lowest BCUT2D eigenvalue weighted by molar-refractivity contribution is 0.0634. The molecular formula is C32H38ClN5O3Si. The Balaban J connectivity index is 1.38. The first kappa shape index (κ1) is 29.9. The number of anilines is 1. The molecule has 8 nitrogen and oxygen atoms in total. The van der Waals surface area contributed by atoms with Crippen LogP contribution in [0.1, 0.15) is 54.0 Å². The predicted octanol–water partition coefficient (Wildman–Crippen LogP) is 6.52. The van der Waals surface area contributed by atoms with Gasteiger partial charge in [0, 0.05) is 12.5 Å². The van der Waals surface area contributed by atoms with Crippen molar-refractivity contribution < 1.29 is 14.0 Å². The number of fused-ring (bicyclic) bond motifs is 1. The Morgan fingerprint density at radius 3 is 2.14 bits per heavy atom. The van der Waals surface area contributed by atoms with Crippen LogP contribution in [0.2, 0.25) is 10.2 Å². The van der Waals surface area contributed by atoms with Gasteiger partial charge in [-0.3, -0.25) is 5.32 Å². The van der Waals surface area contributed by atoms with E-state index in [-0.39, 0.29) is 28.1 Å². The van der Waals surface area contributed by atoms with Gasteiger partial charge in [0.1, 0.15) is 11.1 Å². The SMILES string of the molecule is C=C1[C@H](CO[Si](c2ccccc2)(c2ccccc2)C(C)(C)C)C[C@@H]1n1cnc2c(Cl)nc(NC(=O)OC(C)(C)C)nc21. The first-order valence-electron chi connectivity index (χ1n) is 14.1. The van der Waals surface area contributed by atoms with Crippen molar-refractivity contribution in [1.82, 2.24) is 19.5 Å². The van der Waals surface area contributed by atoms with Crippen molar-refractivity contribution in [3.05, 3.63) is 84.3 Å². The van der Waals surface area contributed by atoms with E-state index >= 15 is 0 Å². The Kier molecular flexibility index (Phi) is 8.04. The zero-order chi connectivity index (χ0) is 30.3. The molecule has 0 bridgehead atoms. The minimum atomic E-state index is -2.65. The molecule has 1 saturated carbocycles. The number of nitrogens with zero attached hydrogens (tertiary/aromatic N) is 4. The summed E-state index contributed by atoms with van der Waals surface area (Å²) in [7, 11) is -2.65. The van der Waals surface area contributed by atoms with Gasteiger partial charge < -0.3 is 13.7 Å². The lowest BCUT2D eigenvalue weighted by atomic mass is 9.76. The van der Waals surface area contributed by atoms with Crippen LogP contribution in [0.15, 0.2) is 79.1 Å². The number of halogens is 1. The van der Waals surface area contributed by atoms with E-state index in [1.807, 2.05) is 16.7 Å². The summed E-state index contributed by atoms with van der Waals surface area (Å²) in [6, 6.07) is 21.3. The maximum absolute atomic E-state index is 12.3. The number of carbonyl (C=O) groups is 1. The summed E-state index contributed by atoms with van der Waals surface area (Å²) >= 11 is 6.43. The highest BCUT2D eigenvalue weighted by Gasteiger charge is 2.51. The highest BCUT2D eigenvalue weighted by molar-refractivity contribution is 6.99. The fraction of sp³-hybridized carbons (Fsp3) is 0.375. The Labute approximate surface area is 253 Å². The third-order valence-corrected chi connectivity index (χ3v) is 13.0. The minimum Gasteiger partial charge on any atom is -0.444 e. The normalized spacial score (nSPS) is 17.6. The number of amides is 1. The molecule has 2 heterocycles. The molecule has 42 heavy (non-hydrogen) atoms. The van der Waals surface area contributed by atoms with E-state index in [9.17, 15) is 4.79 Å². The highest BCUT2D eigenvalue weighted by Crippen LogP contribution is 2.45. The molecule has 2 aromatic carbocycles. The van der Waals surface area contributed by atoms with Gasteiger partial charge in [-0.1, -0.05) is 99.6 Å². The molecule has 2 atom stereocenters. The van der Waals surface area contributed by atoms with Crippen molar-refractivity contribution in [2.45, 2.75) is 64.6 Å². The van der Waals surface area contributed by atoms with Crippen molar-refractivity contribution >= 4 is 53.5 Å². The molecule has 0 saturated heterocycles. The monoisotopic (exact) mass is 603 g/mol. The Hall–Kier alpha value is -3.53. The van der Waals surface area contributed by atoms with Crippen molar-refractivity contribution in [2.75, 3.05) is 11.9 Å². The van der Waals surface area contributed by atoms with Crippen LogP contribution < -0.4 is 15.7 Å². The second-order valence-corrected chi connectivity index (χ2v) is 17.5. The number of benzene rings is 2. The van der Waals surface area contributed by atoms with Crippen LogP contribution >= 0.6 is 11.6 Å². The van der Waals surface area contributed by atoms with E-state index < -0.39 is 20.0 Å². The number of carbonyl (C=O) groups excluding carboxylic acids is 1. The standard InChI is InChI=1S/C32H38ClN5O3Si/c1-21-22(19-40-42(32(5,6)7,23-14-10-8-11-15-23)24-16-12-9-13-17-24)18-25(21)38-20-34-26-27(33)35-29(36-28(26)38)37-30(39)41-31(2,3)4/h8-17,20,22,25H,1,18-19H2,2-7H3,(H,35,36,37,39)/t22-,25-/m0/s1. The van der Waals surface area contributed by atoms with E-state index in [2.05, 4.69) is 96.1 Å². The van der Waals surface area contributed by atoms with Crippen LogP contribution in [0.3, 0.4) is 0 Å². The largest absolute Gasteiger partial charge is 0.444 e. The zero-order valence-electron chi connectivity index (χ0n) is 25.0. The molecule has 0 radical (unpaired) electrons. The fourth-order valence-corrected chi connectivity index (χ4v) is 10.5. The third-order valence-electron chi connectivity index (χ3n) is 7.71. The number of rotatable bonds is 7. The van der Waals surface area contributed by atoms with E-state index in [1.54, 1.807) is 27.1 Å². The Bertz CT molecular complexity index is 1560. The number of hydrogen-bond acceptors (Lipinski definition) is 6. The van der Waals surface area contributed by atoms with Gasteiger partial charge in [0.05, 0.1) is 12.4 Å². The Morgan fingerprint density at radius 1 is 1.02 bits per heavy atom. The summed E-state index contributed by atoms with van der Waals surface area (Å²) in [4.78, 5) is 25.5. The van der Waals surface area contributed by atoms with E-state index in [0.29, 0.717) is 17.8 Å². The summed E-state index contributed by atoms with van der Waals surface area (Å²) in [6.07, 6.45) is 1.87. The molecule has 1 aliphatic carbocycles. The molecule has 2 aromatic heterocycles. The smallest absolute Gasteiger partial charge is 0.414 e. The predicted molar refractivity (Wildman–Crippen MR) is 170 cm³/mol. The zero-order valence-corrected chi connectivity index (χ0v) is 26.8. The summed E-state index contributed by atoms with van der Waals surface area (Å²) < 4.78 is 14.4. The molecule has 0 aliphatic heterocycles. The molecule has 0 unspecified atom stereocenters. The summed E-state index contributed by atoms with van der Waals surface area (Å²) in [6.45, 7) is 17.2. The molecule has 220 valence electrons. The highest BCUT2D eigenvalue weighted by atomic mass is 35.5. The average molecular weight is 604 g/mol. The van der Waals surface area contributed by atoms with Crippen LogP contribution in [0, 0.1) is 5.92 Å². The van der Waals surface area contributed by atoms with E-state index in [1.165, 1.54) is 10.4 Å². The Morgan fingerprint density at radius 2 is 1.62 bits per heavy atom. The minimum absolute atomic E-state index is 0.0249. The van der Waals surface area contributed by atoms with E-state index in [0.717, 1.165) is 12.0 Å². The van der Waals surface area contributed by atoms with Crippen LogP contribution in [-0.4, -0.2) is 46.1 Å². The van der Waals surface area contributed by atoms with Gasteiger partial charge in [-0.15, -0.1) is 0 Å². The number of nitrogens with one attached hydrogen (secondary N) is 1. The van der Waals surface area contributed by atoms with Gasteiger partial charge in [0.15, 0.2) is 10.8 Å². The van der Waals surface area contributed by atoms with Crippen LogP contribution in [-0.2, 0) is 9.16 Å². The van der Waals surface area contributed by atoms with E-state index in [4.69, 9.17) is 20.8 Å². The van der Waals surface area contributed by atoms with Crippen molar-refractivity contribution in [3.63, 3.8) is 0 Å². The molecule has 5 rings (SSSR count). The third kappa shape index (κ3) is 5.73. The number of ether oxygens (including phenoxy) is 1. The number of hydrogen-bond donors (Lipinski definition) is 1. The van der Waals surface area contributed by atoms with Crippen LogP contribution in [0.4, 0.5) is 10.7 Å². The van der Waals surface area contributed by atoms with Gasteiger partial charge in [0.25, 0.3) is 8.32 Å². The lowest BCUT2D eigenvalue weighted by Crippen LogP contribution is -2.67. The average Bonchev–Trinajstić information content (AvgIpc) is 3.33. The van der Waals surface area contributed by atoms with Gasteiger partial charge in [0.2, 0.25) is 5.95 Å². The van der Waals surface area contributed by atoms with Gasteiger partial charge in [-0.05, 0) is 48.2 Å². The topological polar surface area (TPSA) is 91.2 Å². The quantitative estimate of drug-likeness (QED) is 0.147. The molecule has 1 aliphatic rings. The van der Waals surface area contributed by atoms with Gasteiger partial charge in [-0.25, -0.2) is 9.78 Å². The second-order valence-electron chi connectivity index (χ2n) is 12.8. The van der Waals surface area contributed by atoms with Crippen LogP contribution in [0.5, 0.6) is 0 Å². The lowest BCUT2D eigenvalue weighted by Gasteiger charge is -2.46. The maximum atomic E-state index is 12.3. The number of imidazole rings is 1. The fourth-order valence-electron chi connectivity index (χ4n) is 5.70. The summed E-state index contributed by atoms with van der Waals surface area (Å²) in [5, 5.41) is 5.13. The molecule has 0 spiro atoms. The molecule has 1 N–H and O–H groups in total. The molecule has 1 amide bonds. The second kappa shape index (κ2) is 11.3. The first-order chi connectivity index (χ1) is 19.8. The van der Waals surface area contributed by atoms with Gasteiger partial charge in [-0.2, -0.15) is 9.97 Å². The summed E-state index contributed by atoms with van der Waals surface area (Å²) in [5.74, 6) is 0.228. The van der Waals surface area contributed by atoms with Gasteiger partial charge >= 0.3 is 6.09 Å². The molecule has 10 heteroatoms. The van der Waals surface area contributed by atoms with Crippen molar-refractivity contribution in [1.29, 1.82) is 0 Å². The van der Waals surface area contributed by atoms with Crippen molar-refractivity contribution in [2.24, 2.45) is 5.92 Å². The maximum Gasteiger partial charge on any atom is 0.414 e. The summed E-state index contributed by atoms with van der Waals surface area (Å²) in [5.41, 5.74) is 1.38. The first-order valence-corrected chi connectivity index (χ1v) is 16.4. The number of aromatic nitrogens is 4. The molecular weight excluding hydrogens is 566 g/mol. The van der Waals surface area contributed by atoms with Crippen LogP contribution in [0.25, 0.3) is 11.2 Å². The molecule has 1 fully saturated rings. The molecule has 4 aromatic rings.